The number of nitrogens with one attached hydrogen (secondary N) is 1. The van der Waals surface area contributed by atoms with Gasteiger partial charge in [-0.3, -0.25) is 14.9 Å². The maximum Gasteiger partial charge on any atom is 0.574 e. The topological polar surface area (TPSA) is 85.2 Å². The molecule has 0 unspecified atom stereocenters. The third-order valence-corrected chi connectivity index (χ3v) is 1.72. The van der Waals surface area contributed by atoms with Crippen LogP contribution in [0.25, 0.3) is 0 Å². The second-order valence-corrected chi connectivity index (χ2v) is 3.01. The number of pyridine rings is 1. The minimum atomic E-state index is -5.56. The monoisotopic (exact) mass is 292 g/mol. The van der Waals surface area contributed by atoms with E-state index in [1.807, 2.05) is 0 Å². The van der Waals surface area contributed by atoms with E-state index in [9.17, 15) is 41.3 Å². The maximum absolute atomic E-state index is 12.4. The van der Waals surface area contributed by atoms with E-state index < -0.39 is 40.0 Å². The Morgan fingerprint density at radius 1 is 1.21 bits per heavy atom. The van der Waals surface area contributed by atoms with Crippen molar-refractivity contribution in [1.82, 2.24) is 4.98 Å². The van der Waals surface area contributed by atoms with E-state index in [0.29, 0.717) is 0 Å². The summed E-state index contributed by atoms with van der Waals surface area (Å²) in [5, 5.41) is 10.3. The van der Waals surface area contributed by atoms with Crippen molar-refractivity contribution < 1.29 is 36.0 Å². The van der Waals surface area contributed by atoms with Crippen molar-refractivity contribution in [1.29, 1.82) is 0 Å². The molecule has 19 heavy (non-hydrogen) atoms. The second kappa shape index (κ2) is 4.44. The van der Waals surface area contributed by atoms with Crippen molar-refractivity contribution >= 4 is 5.69 Å². The van der Waals surface area contributed by atoms with Gasteiger partial charge in [-0.1, -0.05) is 0 Å². The van der Waals surface area contributed by atoms with E-state index in [4.69, 9.17) is 0 Å². The number of rotatable bonds is 2. The molecule has 1 heterocycles. The third-order valence-electron chi connectivity index (χ3n) is 1.72. The first-order valence-corrected chi connectivity index (χ1v) is 4.16. The lowest BCUT2D eigenvalue weighted by atomic mass is 10.2. The van der Waals surface area contributed by atoms with Crippen molar-refractivity contribution in [3.8, 4) is 5.88 Å². The maximum atomic E-state index is 12.4. The van der Waals surface area contributed by atoms with E-state index in [2.05, 4.69) is 4.74 Å². The zero-order chi connectivity index (χ0) is 15.0. The Morgan fingerprint density at radius 3 is 2.11 bits per heavy atom. The van der Waals surface area contributed by atoms with E-state index in [-0.39, 0.29) is 6.20 Å². The van der Waals surface area contributed by atoms with Crippen molar-refractivity contribution in [2.45, 2.75) is 12.5 Å². The summed E-state index contributed by atoms with van der Waals surface area (Å²) in [5.74, 6) is -1.96. The molecule has 0 spiro atoms. The van der Waals surface area contributed by atoms with Crippen LogP contribution in [0, 0.1) is 10.1 Å². The van der Waals surface area contributed by atoms with Gasteiger partial charge in [0, 0.05) is 0 Å². The molecule has 0 aliphatic heterocycles. The molecule has 1 aromatic rings. The van der Waals surface area contributed by atoms with Gasteiger partial charge in [0.2, 0.25) is 5.88 Å². The van der Waals surface area contributed by atoms with Gasteiger partial charge in [0.25, 0.3) is 5.43 Å². The van der Waals surface area contributed by atoms with Crippen LogP contribution in [-0.2, 0) is 6.18 Å². The van der Waals surface area contributed by atoms with Gasteiger partial charge in [-0.05, 0) is 0 Å². The van der Waals surface area contributed by atoms with Crippen molar-refractivity contribution in [2.24, 2.45) is 0 Å². The summed E-state index contributed by atoms with van der Waals surface area (Å²) in [6.45, 7) is 0. The number of alkyl halides is 6. The van der Waals surface area contributed by atoms with Gasteiger partial charge in [-0.25, -0.2) is 0 Å². The summed E-state index contributed by atoms with van der Waals surface area (Å²) < 4.78 is 75.9. The Balaban J connectivity index is 3.55. The van der Waals surface area contributed by atoms with Gasteiger partial charge in [0.1, 0.15) is 0 Å². The average molecular weight is 292 g/mol. The van der Waals surface area contributed by atoms with Crippen molar-refractivity contribution in [3.63, 3.8) is 0 Å². The van der Waals surface area contributed by atoms with Crippen LogP contribution in [0.1, 0.15) is 5.56 Å². The highest BCUT2D eigenvalue weighted by atomic mass is 19.4. The van der Waals surface area contributed by atoms with Crippen LogP contribution in [0.15, 0.2) is 11.0 Å². The molecule has 0 atom stereocenters. The van der Waals surface area contributed by atoms with Gasteiger partial charge >= 0.3 is 18.2 Å². The fourth-order valence-electron chi connectivity index (χ4n) is 1.09. The molecule has 6 nitrogen and oxygen atoms in total. The molecule has 0 aromatic carbocycles. The van der Waals surface area contributed by atoms with Crippen LogP contribution < -0.4 is 10.2 Å². The average Bonchev–Trinajstić information content (AvgIpc) is 2.11. The molecule has 0 saturated heterocycles. The summed E-state index contributed by atoms with van der Waals surface area (Å²) >= 11 is 0. The highest BCUT2D eigenvalue weighted by Crippen LogP contribution is 2.35. The first kappa shape index (κ1) is 14.8. The number of aromatic amines is 1. The van der Waals surface area contributed by atoms with E-state index >= 15 is 0 Å². The lowest BCUT2D eigenvalue weighted by Crippen LogP contribution is -2.27. The summed E-state index contributed by atoms with van der Waals surface area (Å²) in [4.78, 5) is 21.2. The van der Waals surface area contributed by atoms with Gasteiger partial charge in [0.15, 0.2) is 5.56 Å². The molecule has 0 aliphatic carbocycles. The van der Waals surface area contributed by atoms with Crippen LogP contribution >= 0.6 is 0 Å². The molecule has 0 aliphatic rings. The number of aromatic nitrogens is 1. The Bertz CT molecular complexity index is 560. The molecule has 0 amide bonds. The molecule has 0 saturated carbocycles. The van der Waals surface area contributed by atoms with Crippen LogP contribution in [-0.4, -0.2) is 16.3 Å². The summed E-state index contributed by atoms with van der Waals surface area (Å²) in [6.07, 6.45) is -11.0. The van der Waals surface area contributed by atoms with Crippen LogP contribution in [0.2, 0.25) is 0 Å². The molecule has 12 heteroatoms. The molecular formula is C7H2F6N2O4. The number of halogens is 6. The lowest BCUT2D eigenvalue weighted by molar-refractivity contribution is -0.386. The van der Waals surface area contributed by atoms with Crippen molar-refractivity contribution in [3.05, 3.63) is 32.1 Å². The highest BCUT2D eigenvalue weighted by Gasteiger charge is 2.44. The fraction of sp³-hybridized carbons (Fsp3) is 0.286. The van der Waals surface area contributed by atoms with Crippen LogP contribution in [0.4, 0.5) is 32.0 Å². The first-order chi connectivity index (χ1) is 8.43. The van der Waals surface area contributed by atoms with Crippen LogP contribution in [0.5, 0.6) is 5.88 Å². The zero-order valence-corrected chi connectivity index (χ0v) is 8.43. The van der Waals surface area contributed by atoms with E-state index in [1.54, 1.807) is 0 Å². The number of nitrogens with zero attached hydrogens (tertiary/aromatic N) is 1. The van der Waals surface area contributed by atoms with Crippen LogP contribution in [0.3, 0.4) is 0 Å². The predicted molar refractivity (Wildman–Crippen MR) is 45.4 cm³/mol. The van der Waals surface area contributed by atoms with Gasteiger partial charge < -0.3 is 9.72 Å². The number of hydrogen-bond acceptors (Lipinski definition) is 4. The Kier molecular flexibility index (Phi) is 3.45. The molecule has 106 valence electrons. The SMILES string of the molecule is O=c1c([N+](=O)[O-])c[nH]c(OC(F)(F)F)c1C(F)(F)F. The number of hydrogen-bond donors (Lipinski definition) is 1. The number of nitro groups is 1. The normalized spacial score (nSPS) is 12.3. The summed E-state index contributed by atoms with van der Waals surface area (Å²) in [6, 6.07) is 0. The highest BCUT2D eigenvalue weighted by molar-refractivity contribution is 5.39. The number of H-pyrrole nitrogens is 1. The predicted octanol–water partition coefficient (Wildman–Crippen LogP) is 2.20. The number of ether oxygens (including phenoxy) is 1. The molecule has 1 rings (SSSR count). The third kappa shape index (κ3) is 3.35. The Labute approximate surface area is 98.3 Å². The lowest BCUT2D eigenvalue weighted by Gasteiger charge is -2.13. The molecule has 0 radical (unpaired) electrons. The summed E-state index contributed by atoms with van der Waals surface area (Å²) in [5.41, 5.74) is -6.21. The second-order valence-electron chi connectivity index (χ2n) is 3.01. The van der Waals surface area contributed by atoms with Gasteiger partial charge in [-0.2, -0.15) is 13.2 Å². The van der Waals surface area contributed by atoms with Gasteiger partial charge in [-0.15, -0.1) is 13.2 Å². The standard InChI is InChI=1S/C7H2F6N2O4/c8-6(9,10)3-4(16)2(15(17)18)1-14-5(3)19-7(11,12)13/h1H,(H,14,16). The Hall–Kier alpha value is -2.27. The van der Waals surface area contributed by atoms with Gasteiger partial charge in [0.05, 0.1) is 11.1 Å². The van der Waals surface area contributed by atoms with E-state index in [0.717, 1.165) is 0 Å². The molecule has 0 fully saturated rings. The molecule has 1 aromatic heterocycles. The quantitative estimate of drug-likeness (QED) is 0.514. The first-order valence-electron chi connectivity index (χ1n) is 4.16. The minimum Gasteiger partial charge on any atom is -0.389 e. The van der Waals surface area contributed by atoms with E-state index in [1.165, 1.54) is 4.98 Å². The van der Waals surface area contributed by atoms with Crippen molar-refractivity contribution in [2.75, 3.05) is 0 Å². The fourth-order valence-corrected chi connectivity index (χ4v) is 1.09. The molecule has 1 N–H and O–H groups in total. The zero-order valence-electron chi connectivity index (χ0n) is 8.43. The molecular weight excluding hydrogens is 290 g/mol. The Morgan fingerprint density at radius 2 is 1.74 bits per heavy atom. The molecule has 0 bridgehead atoms. The smallest absolute Gasteiger partial charge is 0.389 e. The largest absolute Gasteiger partial charge is 0.574 e. The minimum absolute atomic E-state index is 0.0820. The summed E-state index contributed by atoms with van der Waals surface area (Å²) in [7, 11) is 0.